The zero-order valence-corrected chi connectivity index (χ0v) is 14.2. The predicted octanol–water partition coefficient (Wildman–Crippen LogP) is 0.991. The molecule has 0 saturated carbocycles. The smallest absolute Gasteiger partial charge is 0.242 e. The molecule has 2 rings (SSSR count). The first kappa shape index (κ1) is 17.6. The van der Waals surface area contributed by atoms with Crippen LogP contribution in [0.4, 0.5) is 0 Å². The molecule has 0 aromatic carbocycles. The lowest BCUT2D eigenvalue weighted by Gasteiger charge is -2.32. The van der Waals surface area contributed by atoms with E-state index >= 15 is 0 Å². The SMILES string of the molecule is CN1CCN(C(=O)CNC(=O)CCCC(=O)c2cccs2)CC1. The molecule has 0 aliphatic carbocycles. The van der Waals surface area contributed by atoms with Gasteiger partial charge in [-0.3, -0.25) is 14.4 Å². The van der Waals surface area contributed by atoms with Gasteiger partial charge in [-0.1, -0.05) is 6.07 Å². The van der Waals surface area contributed by atoms with Crippen LogP contribution in [0.15, 0.2) is 17.5 Å². The highest BCUT2D eigenvalue weighted by Crippen LogP contribution is 2.12. The maximum absolute atomic E-state index is 12.0. The molecule has 1 aromatic heterocycles. The molecule has 0 atom stereocenters. The van der Waals surface area contributed by atoms with Crippen molar-refractivity contribution in [3.63, 3.8) is 0 Å². The highest BCUT2D eigenvalue weighted by atomic mass is 32.1. The molecule has 1 aliphatic rings. The third kappa shape index (κ3) is 5.76. The fourth-order valence-corrected chi connectivity index (χ4v) is 3.09. The first-order valence-electron chi connectivity index (χ1n) is 7.86. The number of rotatable bonds is 7. The van der Waals surface area contributed by atoms with Crippen LogP contribution in [0.2, 0.25) is 0 Å². The van der Waals surface area contributed by atoms with Crippen molar-refractivity contribution in [1.82, 2.24) is 15.1 Å². The molecule has 0 unspecified atom stereocenters. The van der Waals surface area contributed by atoms with Gasteiger partial charge in [-0.25, -0.2) is 0 Å². The van der Waals surface area contributed by atoms with Gasteiger partial charge in [0.1, 0.15) is 0 Å². The number of carbonyl (C=O) groups excluding carboxylic acids is 3. The van der Waals surface area contributed by atoms with Crippen molar-refractivity contribution in [1.29, 1.82) is 0 Å². The van der Waals surface area contributed by atoms with Crippen LogP contribution < -0.4 is 5.32 Å². The van der Waals surface area contributed by atoms with Gasteiger partial charge in [0.05, 0.1) is 11.4 Å². The van der Waals surface area contributed by atoms with Crippen LogP contribution in [0.25, 0.3) is 0 Å². The molecule has 2 heterocycles. The van der Waals surface area contributed by atoms with Gasteiger partial charge in [0.25, 0.3) is 0 Å². The van der Waals surface area contributed by atoms with Crippen molar-refractivity contribution >= 4 is 28.9 Å². The molecular formula is C16H23N3O3S. The maximum atomic E-state index is 12.0. The molecule has 0 radical (unpaired) electrons. The fourth-order valence-electron chi connectivity index (χ4n) is 2.40. The Morgan fingerprint density at radius 3 is 2.57 bits per heavy atom. The van der Waals surface area contributed by atoms with E-state index < -0.39 is 0 Å². The summed E-state index contributed by atoms with van der Waals surface area (Å²) in [5, 5.41) is 4.51. The Morgan fingerprint density at radius 2 is 1.91 bits per heavy atom. The Balaban J connectivity index is 1.59. The quantitative estimate of drug-likeness (QED) is 0.754. The van der Waals surface area contributed by atoms with Crippen LogP contribution >= 0.6 is 11.3 Å². The molecule has 0 bridgehead atoms. The topological polar surface area (TPSA) is 69.7 Å². The van der Waals surface area contributed by atoms with Gasteiger partial charge in [0.2, 0.25) is 11.8 Å². The van der Waals surface area contributed by atoms with Gasteiger partial charge >= 0.3 is 0 Å². The zero-order valence-electron chi connectivity index (χ0n) is 13.4. The van der Waals surface area contributed by atoms with E-state index in [-0.39, 0.29) is 30.6 Å². The maximum Gasteiger partial charge on any atom is 0.242 e. The third-order valence-corrected chi connectivity index (χ3v) is 4.81. The van der Waals surface area contributed by atoms with Crippen LogP contribution in [0.3, 0.4) is 0 Å². The number of likely N-dealkylation sites (N-methyl/N-ethyl adjacent to an activating group) is 1. The van der Waals surface area contributed by atoms with Gasteiger partial charge in [-0.05, 0) is 24.9 Å². The molecule has 7 heteroatoms. The Kier molecular flexibility index (Phi) is 6.73. The minimum absolute atomic E-state index is 0.0406. The summed E-state index contributed by atoms with van der Waals surface area (Å²) in [6.07, 6.45) is 1.14. The number of ketones is 1. The number of nitrogens with one attached hydrogen (secondary N) is 1. The van der Waals surface area contributed by atoms with Crippen LogP contribution in [-0.2, 0) is 9.59 Å². The molecule has 6 nitrogen and oxygen atoms in total. The first-order chi connectivity index (χ1) is 11.1. The normalized spacial score (nSPS) is 15.4. The van der Waals surface area contributed by atoms with Crippen LogP contribution in [0.5, 0.6) is 0 Å². The minimum Gasteiger partial charge on any atom is -0.347 e. The summed E-state index contributed by atoms with van der Waals surface area (Å²) in [6.45, 7) is 3.19. The molecule has 1 fully saturated rings. The van der Waals surface area contributed by atoms with Crippen LogP contribution in [0.1, 0.15) is 28.9 Å². The Bertz CT molecular complexity index is 537. The second-order valence-corrected chi connectivity index (χ2v) is 6.66. The number of piperazine rings is 1. The van der Waals surface area contributed by atoms with Crippen LogP contribution in [-0.4, -0.2) is 67.2 Å². The molecule has 1 saturated heterocycles. The lowest BCUT2D eigenvalue weighted by molar-refractivity contribution is -0.134. The minimum atomic E-state index is -0.175. The van der Waals surface area contributed by atoms with Gasteiger partial charge < -0.3 is 15.1 Å². The van der Waals surface area contributed by atoms with Crippen molar-refractivity contribution in [3.8, 4) is 0 Å². The van der Waals surface area contributed by atoms with E-state index in [0.717, 1.165) is 18.0 Å². The molecule has 1 aliphatic heterocycles. The number of hydrogen-bond donors (Lipinski definition) is 1. The van der Waals surface area contributed by atoms with Gasteiger partial charge in [0, 0.05) is 39.0 Å². The molecule has 126 valence electrons. The molecule has 1 N–H and O–H groups in total. The van der Waals surface area contributed by atoms with Crippen molar-refractivity contribution in [2.75, 3.05) is 39.8 Å². The lowest BCUT2D eigenvalue weighted by atomic mass is 10.1. The number of nitrogens with zero attached hydrogens (tertiary/aromatic N) is 2. The van der Waals surface area contributed by atoms with Gasteiger partial charge in [-0.2, -0.15) is 0 Å². The number of hydrogen-bond acceptors (Lipinski definition) is 5. The fraction of sp³-hybridized carbons (Fsp3) is 0.562. The average Bonchev–Trinajstić information content (AvgIpc) is 3.07. The summed E-state index contributed by atoms with van der Waals surface area (Å²) in [7, 11) is 2.03. The number of amides is 2. The first-order valence-corrected chi connectivity index (χ1v) is 8.74. The van der Waals surface area contributed by atoms with E-state index in [4.69, 9.17) is 0 Å². The monoisotopic (exact) mass is 337 g/mol. The van der Waals surface area contributed by atoms with Crippen molar-refractivity contribution in [2.24, 2.45) is 0 Å². The predicted molar refractivity (Wildman–Crippen MR) is 89.6 cm³/mol. The zero-order chi connectivity index (χ0) is 16.7. The Hall–Kier alpha value is -1.73. The van der Waals surface area contributed by atoms with E-state index in [2.05, 4.69) is 10.2 Å². The standard InChI is InChI=1S/C16H23N3O3S/c1-18-7-9-19(10-8-18)16(22)12-17-15(21)6-2-4-13(20)14-5-3-11-23-14/h3,5,11H,2,4,6-10,12H2,1H3,(H,17,21). The summed E-state index contributed by atoms with van der Waals surface area (Å²) < 4.78 is 0. The number of thiophene rings is 1. The van der Waals surface area contributed by atoms with Gasteiger partial charge in [-0.15, -0.1) is 11.3 Å². The Labute approximate surface area is 140 Å². The molecule has 1 aromatic rings. The van der Waals surface area contributed by atoms with Crippen molar-refractivity contribution in [2.45, 2.75) is 19.3 Å². The summed E-state index contributed by atoms with van der Waals surface area (Å²) in [5.74, 6) is -0.145. The van der Waals surface area contributed by atoms with Crippen LogP contribution in [0, 0.1) is 0 Å². The van der Waals surface area contributed by atoms with Crippen molar-refractivity contribution < 1.29 is 14.4 Å². The number of carbonyl (C=O) groups is 3. The largest absolute Gasteiger partial charge is 0.347 e. The highest BCUT2D eigenvalue weighted by molar-refractivity contribution is 7.12. The lowest BCUT2D eigenvalue weighted by Crippen LogP contribution is -2.50. The summed E-state index contributed by atoms with van der Waals surface area (Å²) in [6, 6.07) is 3.64. The summed E-state index contributed by atoms with van der Waals surface area (Å²) in [4.78, 5) is 40.2. The van der Waals surface area contributed by atoms with Crippen molar-refractivity contribution in [3.05, 3.63) is 22.4 Å². The summed E-state index contributed by atoms with van der Waals surface area (Å²) in [5.41, 5.74) is 0. The second kappa shape index (κ2) is 8.79. The molecule has 0 spiro atoms. The summed E-state index contributed by atoms with van der Waals surface area (Å²) >= 11 is 1.42. The van der Waals surface area contributed by atoms with E-state index in [1.165, 1.54) is 11.3 Å². The molecule has 2 amide bonds. The van der Waals surface area contributed by atoms with E-state index in [0.29, 0.717) is 25.9 Å². The average molecular weight is 337 g/mol. The Morgan fingerprint density at radius 1 is 1.17 bits per heavy atom. The highest BCUT2D eigenvalue weighted by Gasteiger charge is 2.19. The molecule has 23 heavy (non-hydrogen) atoms. The van der Waals surface area contributed by atoms with E-state index in [1.807, 2.05) is 18.5 Å². The van der Waals surface area contributed by atoms with Gasteiger partial charge in [0.15, 0.2) is 5.78 Å². The number of Topliss-reactive ketones (excluding diaryl/α,β-unsaturated/α-hetero) is 1. The third-order valence-electron chi connectivity index (χ3n) is 3.90. The molecular weight excluding hydrogens is 314 g/mol. The van der Waals surface area contributed by atoms with E-state index in [1.54, 1.807) is 11.0 Å². The second-order valence-electron chi connectivity index (χ2n) is 5.71. The van der Waals surface area contributed by atoms with E-state index in [9.17, 15) is 14.4 Å².